The van der Waals surface area contributed by atoms with Crippen molar-refractivity contribution < 1.29 is 9.90 Å². The fourth-order valence-corrected chi connectivity index (χ4v) is 3.68. The molecular weight excluding hydrogens is 292 g/mol. The van der Waals surface area contributed by atoms with Gasteiger partial charge in [0.15, 0.2) is 0 Å². The molecule has 1 aromatic rings. The van der Waals surface area contributed by atoms with Gasteiger partial charge in [0, 0.05) is 24.3 Å². The monoisotopic (exact) mass is 320 g/mol. The lowest BCUT2D eigenvalue weighted by atomic mass is 9.86. The van der Waals surface area contributed by atoms with Gasteiger partial charge in [0.2, 0.25) is 5.91 Å². The molecule has 2 aliphatic rings. The lowest BCUT2D eigenvalue weighted by molar-refractivity contribution is -0.123. The molecule has 2 heterocycles. The first-order valence-corrected chi connectivity index (χ1v) is 8.83. The third-order valence-electron chi connectivity index (χ3n) is 5.22. The smallest absolute Gasteiger partial charge is 0.227 e. The van der Waals surface area contributed by atoms with E-state index in [2.05, 4.69) is 27.3 Å². The van der Waals surface area contributed by atoms with Crippen LogP contribution >= 0.6 is 0 Å². The Morgan fingerprint density at radius 1 is 1.48 bits per heavy atom. The maximum absolute atomic E-state index is 12.4. The van der Waals surface area contributed by atoms with Crippen molar-refractivity contribution in [3.63, 3.8) is 0 Å². The number of hydrogen-bond acceptors (Lipinski definition) is 4. The third-order valence-corrected chi connectivity index (χ3v) is 5.22. The molecule has 1 amide bonds. The number of fused-ring (bicyclic) bond motifs is 1. The predicted octanol–water partition coefficient (Wildman–Crippen LogP) is 1.04. The summed E-state index contributed by atoms with van der Waals surface area (Å²) in [6.07, 6.45) is 6.49. The Balaban J connectivity index is 1.44. The van der Waals surface area contributed by atoms with E-state index in [1.165, 1.54) is 12.8 Å². The number of carbonyl (C=O) groups excluding carboxylic acids is 1. The molecule has 2 atom stereocenters. The molecular formula is C17H28N4O2. The Morgan fingerprint density at radius 2 is 2.26 bits per heavy atom. The maximum Gasteiger partial charge on any atom is 0.227 e. The summed E-state index contributed by atoms with van der Waals surface area (Å²) in [5.74, 6) is 0.678. The van der Waals surface area contributed by atoms with Crippen molar-refractivity contribution in [1.82, 2.24) is 20.4 Å². The van der Waals surface area contributed by atoms with Crippen LogP contribution in [0.1, 0.15) is 49.8 Å². The number of carbonyl (C=O) groups is 1. The Bertz CT molecular complexity index is 522. The summed E-state index contributed by atoms with van der Waals surface area (Å²) >= 11 is 0. The van der Waals surface area contributed by atoms with E-state index in [9.17, 15) is 9.90 Å². The highest BCUT2D eigenvalue weighted by Gasteiger charge is 2.28. The van der Waals surface area contributed by atoms with Gasteiger partial charge in [-0.2, -0.15) is 5.10 Å². The summed E-state index contributed by atoms with van der Waals surface area (Å²) in [5, 5.41) is 20.2. The molecule has 2 unspecified atom stereocenters. The van der Waals surface area contributed by atoms with Crippen LogP contribution in [-0.4, -0.2) is 58.4 Å². The van der Waals surface area contributed by atoms with E-state index in [1.807, 2.05) is 0 Å². The number of nitrogens with zero attached hydrogens (tertiary/aromatic N) is 2. The minimum atomic E-state index is -0.500. The standard InChI is InChI=1S/C17H28N4O2/c1-12-5-7-21(8-6-12)11-13(22)9-18-17(23)14-3-2-4-16-15(14)10-19-20-16/h10,12-14,22H,2-9,11H2,1H3,(H,18,23)(H,19,20). The number of β-amino-alcohol motifs (C(OH)–C–C–N with tert-alkyl or cyclic N) is 1. The van der Waals surface area contributed by atoms with Crippen molar-refractivity contribution in [3.8, 4) is 0 Å². The van der Waals surface area contributed by atoms with Gasteiger partial charge < -0.3 is 15.3 Å². The molecule has 0 spiro atoms. The van der Waals surface area contributed by atoms with Gasteiger partial charge in [-0.1, -0.05) is 6.92 Å². The van der Waals surface area contributed by atoms with Gasteiger partial charge in [-0.05, 0) is 51.1 Å². The van der Waals surface area contributed by atoms with Gasteiger partial charge in [-0.15, -0.1) is 0 Å². The van der Waals surface area contributed by atoms with Gasteiger partial charge in [0.05, 0.1) is 18.2 Å². The molecule has 3 N–H and O–H groups in total. The van der Waals surface area contributed by atoms with Crippen molar-refractivity contribution in [2.45, 2.75) is 51.0 Å². The molecule has 1 fully saturated rings. The number of aliphatic hydroxyl groups excluding tert-OH is 1. The number of aromatic nitrogens is 2. The lowest BCUT2D eigenvalue weighted by Gasteiger charge is -2.31. The molecule has 3 rings (SSSR count). The van der Waals surface area contributed by atoms with Crippen LogP contribution in [0.5, 0.6) is 0 Å². The second-order valence-corrected chi connectivity index (χ2v) is 7.13. The first-order chi connectivity index (χ1) is 11.1. The number of hydrogen-bond donors (Lipinski definition) is 3. The van der Waals surface area contributed by atoms with Gasteiger partial charge in [-0.3, -0.25) is 9.89 Å². The van der Waals surface area contributed by atoms with Crippen LogP contribution in [0.2, 0.25) is 0 Å². The predicted molar refractivity (Wildman–Crippen MR) is 88.1 cm³/mol. The summed E-state index contributed by atoms with van der Waals surface area (Å²) in [6, 6.07) is 0. The zero-order chi connectivity index (χ0) is 16.2. The average molecular weight is 320 g/mol. The fraction of sp³-hybridized carbons (Fsp3) is 0.765. The zero-order valence-electron chi connectivity index (χ0n) is 13.9. The van der Waals surface area contributed by atoms with Crippen LogP contribution in [0, 0.1) is 5.92 Å². The van der Waals surface area contributed by atoms with Crippen LogP contribution in [-0.2, 0) is 11.2 Å². The number of rotatable bonds is 5. The Hall–Kier alpha value is -1.40. The molecule has 0 radical (unpaired) electrons. The SMILES string of the molecule is CC1CCN(CC(O)CNC(=O)C2CCCc3[nH]ncc32)CC1. The zero-order valence-corrected chi connectivity index (χ0v) is 13.9. The highest BCUT2D eigenvalue weighted by molar-refractivity contribution is 5.84. The third kappa shape index (κ3) is 4.12. The Morgan fingerprint density at radius 3 is 3.04 bits per heavy atom. The summed E-state index contributed by atoms with van der Waals surface area (Å²) in [7, 11) is 0. The molecule has 6 heteroatoms. The molecule has 1 aliphatic carbocycles. The van der Waals surface area contributed by atoms with E-state index in [0.29, 0.717) is 13.1 Å². The second-order valence-electron chi connectivity index (χ2n) is 7.13. The molecule has 0 saturated carbocycles. The van der Waals surface area contributed by atoms with Crippen LogP contribution in [0.25, 0.3) is 0 Å². The largest absolute Gasteiger partial charge is 0.390 e. The molecule has 1 aliphatic heterocycles. The summed E-state index contributed by atoms with van der Waals surface area (Å²) < 4.78 is 0. The highest BCUT2D eigenvalue weighted by Crippen LogP contribution is 2.30. The van der Waals surface area contributed by atoms with Crippen molar-refractivity contribution in [2.75, 3.05) is 26.2 Å². The van der Waals surface area contributed by atoms with E-state index >= 15 is 0 Å². The average Bonchev–Trinajstić information content (AvgIpc) is 3.03. The van der Waals surface area contributed by atoms with E-state index < -0.39 is 6.10 Å². The first kappa shape index (κ1) is 16.5. The number of aromatic amines is 1. The lowest BCUT2D eigenvalue weighted by Crippen LogP contribution is -2.44. The number of H-pyrrole nitrogens is 1. The van der Waals surface area contributed by atoms with Crippen LogP contribution < -0.4 is 5.32 Å². The summed E-state index contributed by atoms with van der Waals surface area (Å²) in [6.45, 7) is 5.35. The van der Waals surface area contributed by atoms with Crippen molar-refractivity contribution in [2.24, 2.45) is 5.92 Å². The minimum absolute atomic E-state index is 0.0127. The number of amides is 1. The van der Waals surface area contributed by atoms with Gasteiger partial charge in [0.25, 0.3) is 0 Å². The minimum Gasteiger partial charge on any atom is -0.390 e. The molecule has 1 aromatic heterocycles. The number of piperidine rings is 1. The number of aryl methyl sites for hydroxylation is 1. The maximum atomic E-state index is 12.4. The van der Waals surface area contributed by atoms with E-state index in [4.69, 9.17) is 0 Å². The molecule has 23 heavy (non-hydrogen) atoms. The Labute approximate surface area is 137 Å². The molecule has 0 bridgehead atoms. The summed E-state index contributed by atoms with van der Waals surface area (Å²) in [5.41, 5.74) is 2.10. The number of aliphatic hydroxyl groups is 1. The van der Waals surface area contributed by atoms with Crippen LogP contribution in [0.3, 0.4) is 0 Å². The molecule has 6 nitrogen and oxygen atoms in total. The topological polar surface area (TPSA) is 81.2 Å². The fourth-order valence-electron chi connectivity index (χ4n) is 3.68. The van der Waals surface area contributed by atoms with E-state index in [1.54, 1.807) is 6.20 Å². The Kier molecular flexibility index (Phi) is 5.33. The second kappa shape index (κ2) is 7.45. The molecule has 128 valence electrons. The first-order valence-electron chi connectivity index (χ1n) is 8.83. The quantitative estimate of drug-likeness (QED) is 0.757. The number of likely N-dealkylation sites (tertiary alicyclic amines) is 1. The molecule has 0 aromatic carbocycles. The van der Waals surface area contributed by atoms with Crippen LogP contribution in [0.4, 0.5) is 0 Å². The normalized spacial score (nSPS) is 24.2. The highest BCUT2D eigenvalue weighted by atomic mass is 16.3. The van der Waals surface area contributed by atoms with Crippen LogP contribution in [0.15, 0.2) is 6.20 Å². The van der Waals surface area contributed by atoms with Crippen molar-refractivity contribution in [3.05, 3.63) is 17.5 Å². The van der Waals surface area contributed by atoms with Gasteiger partial charge in [0.1, 0.15) is 0 Å². The van der Waals surface area contributed by atoms with Gasteiger partial charge >= 0.3 is 0 Å². The van der Waals surface area contributed by atoms with Gasteiger partial charge in [-0.25, -0.2) is 0 Å². The number of nitrogens with one attached hydrogen (secondary N) is 2. The molecule has 1 saturated heterocycles. The van der Waals surface area contributed by atoms with Crippen molar-refractivity contribution in [1.29, 1.82) is 0 Å². The van der Waals surface area contributed by atoms with E-state index in [-0.39, 0.29) is 11.8 Å². The van der Waals surface area contributed by atoms with Crippen molar-refractivity contribution >= 4 is 5.91 Å². The summed E-state index contributed by atoms with van der Waals surface area (Å²) in [4.78, 5) is 14.7. The van der Waals surface area contributed by atoms with E-state index in [0.717, 1.165) is 49.5 Å².